The number of pyridine rings is 1. The standard InChI is InChI=1S/C18H20ClN3O3S/c1-2-22(16-8-9-26(24,25)12-16)18(23)17-7-6-15(11-20-17)21-14-5-3-4-13(19)10-14/h3-7,10-11,16,21H,2,8-9,12H2,1H3. The fourth-order valence-corrected chi connectivity index (χ4v) is 4.98. The Balaban J connectivity index is 1.71. The van der Waals surface area contributed by atoms with Gasteiger partial charge < -0.3 is 10.2 Å². The Morgan fingerprint density at radius 1 is 1.31 bits per heavy atom. The zero-order valence-electron chi connectivity index (χ0n) is 14.4. The van der Waals surface area contributed by atoms with Crippen molar-refractivity contribution in [3.63, 3.8) is 0 Å². The maximum Gasteiger partial charge on any atom is 0.272 e. The van der Waals surface area contributed by atoms with Crippen LogP contribution in [0, 0.1) is 0 Å². The molecule has 1 unspecified atom stereocenters. The number of rotatable bonds is 5. The second-order valence-electron chi connectivity index (χ2n) is 6.22. The number of benzene rings is 1. The number of carbonyl (C=O) groups excluding carboxylic acids is 1. The summed E-state index contributed by atoms with van der Waals surface area (Å²) >= 11 is 5.96. The maximum absolute atomic E-state index is 12.7. The van der Waals surface area contributed by atoms with E-state index in [-0.39, 0.29) is 23.5 Å². The molecule has 1 fully saturated rings. The first-order valence-corrected chi connectivity index (χ1v) is 10.6. The van der Waals surface area contributed by atoms with Gasteiger partial charge in [0.15, 0.2) is 9.84 Å². The van der Waals surface area contributed by atoms with E-state index in [1.807, 2.05) is 19.1 Å². The van der Waals surface area contributed by atoms with Gasteiger partial charge in [-0.2, -0.15) is 0 Å². The molecule has 0 spiro atoms. The SMILES string of the molecule is CCN(C(=O)c1ccc(Nc2cccc(Cl)c2)cn1)C1CCS(=O)(=O)C1. The summed E-state index contributed by atoms with van der Waals surface area (Å²) in [6, 6.07) is 10.4. The van der Waals surface area contributed by atoms with Crippen molar-refractivity contribution in [2.45, 2.75) is 19.4 Å². The third kappa shape index (κ3) is 4.34. The molecule has 0 bridgehead atoms. The van der Waals surface area contributed by atoms with Crippen LogP contribution in [0.1, 0.15) is 23.8 Å². The number of hydrogen-bond acceptors (Lipinski definition) is 5. The summed E-state index contributed by atoms with van der Waals surface area (Å²) in [5.41, 5.74) is 1.85. The van der Waals surface area contributed by atoms with E-state index >= 15 is 0 Å². The minimum atomic E-state index is -3.05. The first-order chi connectivity index (χ1) is 12.4. The van der Waals surface area contributed by atoms with Gasteiger partial charge in [0.25, 0.3) is 5.91 Å². The van der Waals surface area contributed by atoms with Gasteiger partial charge in [0.2, 0.25) is 0 Å². The number of sulfone groups is 1. The summed E-state index contributed by atoms with van der Waals surface area (Å²) in [7, 11) is -3.05. The molecule has 3 rings (SSSR count). The van der Waals surface area contributed by atoms with Crippen molar-refractivity contribution in [3.8, 4) is 0 Å². The average molecular weight is 394 g/mol. The van der Waals surface area contributed by atoms with Gasteiger partial charge in [0.05, 0.1) is 23.4 Å². The van der Waals surface area contributed by atoms with Crippen molar-refractivity contribution < 1.29 is 13.2 Å². The third-order valence-corrected chi connectivity index (χ3v) is 6.33. The summed E-state index contributed by atoms with van der Waals surface area (Å²) < 4.78 is 23.4. The van der Waals surface area contributed by atoms with Gasteiger partial charge in [-0.05, 0) is 43.7 Å². The summed E-state index contributed by atoms with van der Waals surface area (Å²) in [5, 5.41) is 3.79. The number of hydrogen-bond donors (Lipinski definition) is 1. The van der Waals surface area contributed by atoms with Crippen LogP contribution in [0.3, 0.4) is 0 Å². The highest BCUT2D eigenvalue weighted by molar-refractivity contribution is 7.91. The maximum atomic E-state index is 12.7. The minimum Gasteiger partial charge on any atom is -0.354 e. The van der Waals surface area contributed by atoms with Gasteiger partial charge in [0.1, 0.15) is 5.69 Å². The summed E-state index contributed by atoms with van der Waals surface area (Å²) in [4.78, 5) is 18.6. The molecule has 2 aromatic rings. The van der Waals surface area contributed by atoms with E-state index in [1.165, 1.54) is 0 Å². The number of amides is 1. The molecule has 1 saturated heterocycles. The third-order valence-electron chi connectivity index (χ3n) is 4.35. The topological polar surface area (TPSA) is 79.4 Å². The van der Waals surface area contributed by atoms with E-state index in [2.05, 4.69) is 10.3 Å². The first-order valence-electron chi connectivity index (χ1n) is 8.38. The molecular formula is C18H20ClN3O3S. The largest absolute Gasteiger partial charge is 0.354 e. The summed E-state index contributed by atoms with van der Waals surface area (Å²) in [5.74, 6) is -0.0814. The second kappa shape index (κ2) is 7.63. The number of aromatic nitrogens is 1. The normalized spacial score (nSPS) is 18.5. The fourth-order valence-electron chi connectivity index (χ4n) is 3.06. The predicted molar refractivity (Wildman–Crippen MR) is 103 cm³/mol. The van der Waals surface area contributed by atoms with Crippen molar-refractivity contribution in [2.24, 2.45) is 0 Å². The molecule has 1 aliphatic heterocycles. The number of carbonyl (C=O) groups is 1. The molecule has 1 aromatic carbocycles. The van der Waals surface area contributed by atoms with Crippen molar-refractivity contribution in [3.05, 3.63) is 53.3 Å². The van der Waals surface area contributed by atoms with E-state index in [1.54, 1.807) is 35.4 Å². The van der Waals surface area contributed by atoms with Crippen LogP contribution in [0.15, 0.2) is 42.6 Å². The molecular weight excluding hydrogens is 374 g/mol. The van der Waals surface area contributed by atoms with E-state index in [0.717, 1.165) is 11.4 Å². The monoisotopic (exact) mass is 393 g/mol. The van der Waals surface area contributed by atoms with Gasteiger partial charge in [-0.25, -0.2) is 13.4 Å². The van der Waals surface area contributed by atoms with Crippen molar-refractivity contribution in [1.82, 2.24) is 9.88 Å². The molecule has 1 atom stereocenters. The molecule has 8 heteroatoms. The lowest BCUT2D eigenvalue weighted by Crippen LogP contribution is -2.41. The van der Waals surface area contributed by atoms with Crippen molar-refractivity contribution >= 4 is 38.7 Å². The lowest BCUT2D eigenvalue weighted by Gasteiger charge is -2.26. The highest BCUT2D eigenvalue weighted by atomic mass is 35.5. The van der Waals surface area contributed by atoms with Crippen LogP contribution in [0.25, 0.3) is 0 Å². The zero-order chi connectivity index (χ0) is 18.7. The molecule has 138 valence electrons. The Bertz CT molecular complexity index is 900. The summed E-state index contributed by atoms with van der Waals surface area (Å²) in [6.45, 7) is 2.29. The van der Waals surface area contributed by atoms with Crippen LogP contribution < -0.4 is 5.32 Å². The Labute approximate surface area is 158 Å². The van der Waals surface area contributed by atoms with Crippen LogP contribution in [-0.4, -0.2) is 48.3 Å². The van der Waals surface area contributed by atoms with Gasteiger partial charge in [-0.15, -0.1) is 0 Å². The van der Waals surface area contributed by atoms with E-state index < -0.39 is 9.84 Å². The molecule has 0 radical (unpaired) electrons. The quantitative estimate of drug-likeness (QED) is 0.844. The smallest absolute Gasteiger partial charge is 0.272 e. The molecule has 2 heterocycles. The minimum absolute atomic E-state index is 0.0288. The van der Waals surface area contributed by atoms with E-state index in [9.17, 15) is 13.2 Å². The van der Waals surface area contributed by atoms with Gasteiger partial charge in [-0.3, -0.25) is 4.79 Å². The Morgan fingerprint density at radius 2 is 2.12 bits per heavy atom. The zero-order valence-corrected chi connectivity index (χ0v) is 15.9. The predicted octanol–water partition coefficient (Wildman–Crippen LogP) is 3.13. The molecule has 0 saturated carbocycles. The fraction of sp³-hybridized carbons (Fsp3) is 0.333. The van der Waals surface area contributed by atoms with E-state index in [4.69, 9.17) is 11.6 Å². The number of nitrogens with zero attached hydrogens (tertiary/aromatic N) is 2. The van der Waals surface area contributed by atoms with Crippen LogP contribution in [0.5, 0.6) is 0 Å². The Morgan fingerprint density at radius 3 is 2.69 bits per heavy atom. The number of halogens is 1. The van der Waals surface area contributed by atoms with Crippen molar-refractivity contribution in [2.75, 3.05) is 23.4 Å². The highest BCUT2D eigenvalue weighted by Crippen LogP contribution is 2.22. The van der Waals surface area contributed by atoms with Gasteiger partial charge >= 0.3 is 0 Å². The molecule has 26 heavy (non-hydrogen) atoms. The Hall–Kier alpha value is -2.12. The van der Waals surface area contributed by atoms with Crippen LogP contribution >= 0.6 is 11.6 Å². The molecule has 1 amide bonds. The number of nitrogens with one attached hydrogen (secondary N) is 1. The van der Waals surface area contributed by atoms with E-state index in [0.29, 0.717) is 23.7 Å². The highest BCUT2D eigenvalue weighted by Gasteiger charge is 2.34. The second-order valence-corrected chi connectivity index (χ2v) is 8.88. The lowest BCUT2D eigenvalue weighted by atomic mass is 10.2. The molecule has 1 aliphatic rings. The summed E-state index contributed by atoms with van der Waals surface area (Å²) in [6.07, 6.45) is 2.06. The van der Waals surface area contributed by atoms with Crippen molar-refractivity contribution in [1.29, 1.82) is 0 Å². The van der Waals surface area contributed by atoms with Gasteiger partial charge in [0, 0.05) is 23.3 Å². The molecule has 1 N–H and O–H groups in total. The molecule has 6 nitrogen and oxygen atoms in total. The first kappa shape index (κ1) is 18.7. The molecule has 1 aromatic heterocycles. The van der Waals surface area contributed by atoms with Crippen LogP contribution in [-0.2, 0) is 9.84 Å². The van der Waals surface area contributed by atoms with Crippen LogP contribution in [0.2, 0.25) is 5.02 Å². The lowest BCUT2D eigenvalue weighted by molar-refractivity contribution is 0.0702. The Kier molecular flexibility index (Phi) is 5.48. The average Bonchev–Trinajstić information content (AvgIpc) is 2.96. The molecule has 0 aliphatic carbocycles. The van der Waals surface area contributed by atoms with Gasteiger partial charge in [-0.1, -0.05) is 17.7 Å². The van der Waals surface area contributed by atoms with Crippen LogP contribution in [0.4, 0.5) is 11.4 Å². The number of anilines is 2.